The van der Waals surface area contributed by atoms with Gasteiger partial charge in [-0.2, -0.15) is 34.8 Å². The molecule has 0 aromatic heterocycles. The molecule has 0 aliphatic carbocycles. The van der Waals surface area contributed by atoms with E-state index in [0.29, 0.717) is 0 Å². The molecule has 4 aromatic rings. The molecule has 0 spiro atoms. The van der Waals surface area contributed by atoms with Crippen molar-refractivity contribution in [3.63, 3.8) is 0 Å². The molecule has 0 saturated carbocycles. The Labute approximate surface area is 220 Å². The van der Waals surface area contributed by atoms with Gasteiger partial charge in [-0.05, 0) is 64.9 Å². The predicted octanol–water partition coefficient (Wildman–Crippen LogP) is 7.74. The van der Waals surface area contributed by atoms with Crippen LogP contribution in [0.15, 0.2) is 117 Å². The Kier molecular flexibility index (Phi) is 7.36. The molecular weight excluding hydrogens is 570 g/mol. The van der Waals surface area contributed by atoms with Crippen molar-refractivity contribution in [3.05, 3.63) is 108 Å². The van der Waals surface area contributed by atoms with Crippen molar-refractivity contribution in [1.29, 1.82) is 0 Å². The topological polar surface area (TPSA) is 83.8 Å². The van der Waals surface area contributed by atoms with Crippen LogP contribution >= 0.6 is 10.3 Å². The summed E-state index contributed by atoms with van der Waals surface area (Å²) in [5.41, 5.74) is -3.77. The van der Waals surface area contributed by atoms with Crippen LogP contribution in [-0.4, -0.2) is 18.6 Å². The second-order valence-corrected chi connectivity index (χ2v) is 12.5. The molecule has 0 aliphatic rings. The number of benzene rings is 4. The molecule has 0 heterocycles. The minimum Gasteiger partial charge on any atom is -0.508 e. The first-order chi connectivity index (χ1) is 18.2. The van der Waals surface area contributed by atoms with Crippen LogP contribution in [0, 0.1) is 0 Å². The number of phenolic OH excluding ortho intramolecular Hbond substituents is 2. The summed E-state index contributed by atoms with van der Waals surface area (Å²) in [6, 6.07) is 18.2. The third-order valence-electron chi connectivity index (χ3n) is 5.48. The number of hydrogen-bond acceptors (Lipinski definition) is 5. The Morgan fingerprint density at radius 1 is 0.615 bits per heavy atom. The number of aromatic hydroxyl groups is 2. The van der Waals surface area contributed by atoms with Gasteiger partial charge in [0.1, 0.15) is 16.4 Å². The van der Waals surface area contributed by atoms with Crippen LogP contribution in [0.25, 0.3) is 0 Å². The average Bonchev–Trinajstić information content (AvgIpc) is 2.87. The molecule has 0 radical (unpaired) electrons. The van der Waals surface area contributed by atoms with E-state index in [1.807, 2.05) is 0 Å². The average molecular weight is 589 g/mol. The van der Waals surface area contributed by atoms with Crippen LogP contribution < -0.4 is 0 Å². The number of hydrogen-bond donors (Lipinski definition) is 2. The van der Waals surface area contributed by atoms with Crippen molar-refractivity contribution in [2.24, 2.45) is 0 Å². The Balaban J connectivity index is 2.06. The zero-order chi connectivity index (χ0) is 28.6. The van der Waals surface area contributed by atoms with Crippen molar-refractivity contribution < 1.29 is 48.6 Å². The van der Waals surface area contributed by atoms with Crippen LogP contribution in [0.5, 0.6) is 11.5 Å². The van der Waals surface area contributed by atoms with Crippen LogP contribution in [0.4, 0.5) is 26.3 Å². The highest BCUT2D eigenvalue weighted by molar-refractivity contribution is 8.33. The van der Waals surface area contributed by atoms with Crippen molar-refractivity contribution in [3.8, 4) is 11.5 Å². The van der Waals surface area contributed by atoms with Crippen molar-refractivity contribution in [2.75, 3.05) is 0 Å². The van der Waals surface area contributed by atoms with Crippen LogP contribution in [0.1, 0.15) is 11.1 Å². The van der Waals surface area contributed by atoms with E-state index in [1.54, 1.807) is 12.1 Å². The minimum atomic E-state index is -5.49. The standard InChI is InChI=1S/C26H18F6O5S2/c27-25(28,29)17-11-13-23(21(15-17)26(30,31)32)39(35,36)37-38(19-7-3-1-4-8-19,20-9-5-2-6-10-20)24-14-12-18(33)16-22(24)34/h1-16,33-34H. The van der Waals surface area contributed by atoms with Gasteiger partial charge in [-0.3, -0.25) is 0 Å². The van der Waals surface area contributed by atoms with E-state index in [0.717, 1.165) is 18.2 Å². The van der Waals surface area contributed by atoms with Gasteiger partial charge in [-0.25, -0.2) is 3.63 Å². The maximum absolute atomic E-state index is 13.9. The molecule has 0 unspecified atom stereocenters. The van der Waals surface area contributed by atoms with Crippen molar-refractivity contribution in [1.82, 2.24) is 0 Å². The first kappa shape index (κ1) is 28.3. The molecule has 4 aromatic carbocycles. The van der Waals surface area contributed by atoms with Crippen LogP contribution in [0.3, 0.4) is 0 Å². The molecule has 13 heteroatoms. The van der Waals surface area contributed by atoms with Crippen LogP contribution in [-0.2, 0) is 26.1 Å². The number of alkyl halides is 6. The zero-order valence-electron chi connectivity index (χ0n) is 19.4. The van der Waals surface area contributed by atoms with Gasteiger partial charge >= 0.3 is 22.5 Å². The SMILES string of the molecule is O=S(=O)(OS(c1ccccc1)(c1ccccc1)c1ccc(O)cc1O)c1ccc(C(F)(F)F)cc1C(F)(F)F. The lowest BCUT2D eigenvalue weighted by atomic mass is 10.1. The summed E-state index contributed by atoms with van der Waals surface area (Å²) in [6.45, 7) is 0. The summed E-state index contributed by atoms with van der Waals surface area (Å²) in [4.78, 5) is -1.48. The molecule has 0 atom stereocenters. The third-order valence-corrected chi connectivity index (χ3v) is 10.7. The second kappa shape index (κ2) is 10.1. The summed E-state index contributed by atoms with van der Waals surface area (Å²) >= 11 is 0. The molecule has 0 saturated heterocycles. The summed E-state index contributed by atoms with van der Waals surface area (Å²) in [7, 11) is -9.11. The summed E-state index contributed by atoms with van der Waals surface area (Å²) in [5, 5.41) is 20.7. The quantitative estimate of drug-likeness (QED) is 0.225. The van der Waals surface area contributed by atoms with Gasteiger partial charge in [0.15, 0.2) is 0 Å². The number of rotatable bonds is 6. The third kappa shape index (κ3) is 5.56. The van der Waals surface area contributed by atoms with Gasteiger partial charge in [0.25, 0.3) is 0 Å². The van der Waals surface area contributed by atoms with Gasteiger partial charge < -0.3 is 10.2 Å². The molecule has 206 valence electrons. The highest BCUT2D eigenvalue weighted by Crippen LogP contribution is 2.72. The predicted molar refractivity (Wildman–Crippen MR) is 130 cm³/mol. The van der Waals surface area contributed by atoms with Gasteiger partial charge in [0.2, 0.25) is 0 Å². The fourth-order valence-electron chi connectivity index (χ4n) is 3.80. The highest BCUT2D eigenvalue weighted by atomic mass is 32.3. The molecule has 0 bridgehead atoms. The summed E-state index contributed by atoms with van der Waals surface area (Å²) in [6.07, 6.45) is -10.7. The Morgan fingerprint density at radius 3 is 1.59 bits per heavy atom. The van der Waals surface area contributed by atoms with E-state index in [2.05, 4.69) is 0 Å². The Morgan fingerprint density at radius 2 is 1.13 bits per heavy atom. The lowest BCUT2D eigenvalue weighted by molar-refractivity contribution is -0.144. The molecule has 5 nitrogen and oxygen atoms in total. The van der Waals surface area contributed by atoms with Crippen LogP contribution in [0.2, 0.25) is 0 Å². The van der Waals surface area contributed by atoms with Crippen molar-refractivity contribution >= 4 is 20.4 Å². The first-order valence-electron chi connectivity index (χ1n) is 10.9. The molecule has 0 fully saturated rings. The van der Waals surface area contributed by atoms with E-state index in [4.69, 9.17) is 3.63 Å². The molecule has 0 aliphatic heterocycles. The number of phenols is 2. The van der Waals surface area contributed by atoms with E-state index >= 15 is 0 Å². The largest absolute Gasteiger partial charge is 0.508 e. The highest BCUT2D eigenvalue weighted by Gasteiger charge is 2.45. The van der Waals surface area contributed by atoms with Gasteiger partial charge in [-0.15, -0.1) is 0 Å². The fourth-order valence-corrected chi connectivity index (χ4v) is 9.24. The van der Waals surface area contributed by atoms with E-state index in [9.17, 15) is 45.0 Å². The molecule has 0 amide bonds. The van der Waals surface area contributed by atoms with Crippen molar-refractivity contribution in [2.45, 2.75) is 31.9 Å². The van der Waals surface area contributed by atoms with Gasteiger partial charge in [0.05, 0.1) is 16.0 Å². The summed E-state index contributed by atoms with van der Waals surface area (Å²) < 4.78 is 114. The normalized spacial score (nSPS) is 13.3. The molecule has 4 rings (SSSR count). The zero-order valence-corrected chi connectivity index (χ0v) is 21.1. The van der Waals surface area contributed by atoms with E-state index < -0.39 is 60.3 Å². The first-order valence-corrected chi connectivity index (χ1v) is 13.8. The monoisotopic (exact) mass is 588 g/mol. The van der Waals surface area contributed by atoms with Gasteiger partial charge in [-0.1, -0.05) is 36.4 Å². The lowest BCUT2D eigenvalue weighted by Crippen LogP contribution is -2.20. The maximum atomic E-state index is 13.9. The van der Waals surface area contributed by atoms with E-state index in [1.165, 1.54) is 48.5 Å². The van der Waals surface area contributed by atoms with Gasteiger partial charge in [0, 0.05) is 15.9 Å². The fraction of sp³-hybridized carbons (Fsp3) is 0.0769. The molecule has 39 heavy (non-hydrogen) atoms. The lowest BCUT2D eigenvalue weighted by Gasteiger charge is -2.39. The smallest absolute Gasteiger partial charge is 0.417 e. The number of halogens is 6. The maximum Gasteiger partial charge on any atom is 0.417 e. The Bertz CT molecular complexity index is 1550. The summed E-state index contributed by atoms with van der Waals surface area (Å²) in [5.74, 6) is -1.02. The van der Waals surface area contributed by atoms with E-state index in [-0.39, 0.29) is 32.9 Å². The minimum absolute atomic E-state index is 0.126. The molecule has 2 N–H and O–H groups in total. The Hall–Kier alpha value is -3.68. The molecular formula is C26H18F6O5S2. The second-order valence-electron chi connectivity index (χ2n) is 8.06.